The molecule has 2 aliphatic rings. The summed E-state index contributed by atoms with van der Waals surface area (Å²) in [4.78, 5) is 25.7. The van der Waals surface area contributed by atoms with Crippen molar-refractivity contribution in [2.45, 2.75) is 51.4 Å². The van der Waals surface area contributed by atoms with Crippen LogP contribution < -0.4 is 5.32 Å². The maximum absolute atomic E-state index is 12.0. The van der Waals surface area contributed by atoms with Crippen LogP contribution in [0.15, 0.2) is 0 Å². The minimum absolute atomic E-state index is 0.00313. The number of piperidine rings is 1. The Kier molecular flexibility index (Phi) is 6.49. The van der Waals surface area contributed by atoms with Crippen molar-refractivity contribution >= 4 is 11.8 Å². The molecule has 0 unspecified atom stereocenters. The van der Waals surface area contributed by atoms with E-state index in [2.05, 4.69) is 5.32 Å². The molecule has 0 aromatic rings. The van der Waals surface area contributed by atoms with Crippen LogP contribution in [0.5, 0.6) is 0 Å². The molecule has 0 spiro atoms. The Balaban J connectivity index is 1.63. The van der Waals surface area contributed by atoms with Gasteiger partial charge in [-0.15, -0.1) is 0 Å². The van der Waals surface area contributed by atoms with E-state index < -0.39 is 0 Å². The molecule has 0 atom stereocenters. The molecule has 0 bridgehead atoms. The highest BCUT2D eigenvalue weighted by Crippen LogP contribution is 2.26. The number of aliphatic hydroxyl groups is 1. The first-order valence-corrected chi connectivity index (χ1v) is 8.34. The Morgan fingerprint density at radius 3 is 2.29 bits per heavy atom. The molecule has 1 heterocycles. The Morgan fingerprint density at radius 2 is 1.67 bits per heavy atom. The summed E-state index contributed by atoms with van der Waals surface area (Å²) >= 11 is 0. The zero-order chi connectivity index (χ0) is 15.1. The summed E-state index contributed by atoms with van der Waals surface area (Å²) in [6.07, 6.45) is 8.34. The van der Waals surface area contributed by atoms with Gasteiger partial charge in [-0.05, 0) is 37.5 Å². The maximum Gasteiger partial charge on any atom is 0.241 e. The number of carbonyl (C=O) groups excluding carboxylic acids is 2. The van der Waals surface area contributed by atoms with Gasteiger partial charge in [-0.2, -0.15) is 0 Å². The quantitative estimate of drug-likeness (QED) is 0.803. The van der Waals surface area contributed by atoms with Crippen LogP contribution in [-0.2, 0) is 9.59 Å². The number of nitrogens with one attached hydrogen (secondary N) is 1. The number of carbonyl (C=O) groups is 2. The van der Waals surface area contributed by atoms with Crippen LogP contribution in [0.25, 0.3) is 0 Å². The van der Waals surface area contributed by atoms with Crippen molar-refractivity contribution in [3.05, 3.63) is 0 Å². The van der Waals surface area contributed by atoms with Gasteiger partial charge >= 0.3 is 0 Å². The minimum Gasteiger partial charge on any atom is -0.396 e. The Hall–Kier alpha value is -1.10. The van der Waals surface area contributed by atoms with Crippen molar-refractivity contribution in [3.8, 4) is 0 Å². The lowest BCUT2D eigenvalue weighted by Crippen LogP contribution is -2.44. The summed E-state index contributed by atoms with van der Waals surface area (Å²) in [5, 5.41) is 11.9. The molecule has 2 rings (SSSR count). The number of hydrogen-bond acceptors (Lipinski definition) is 3. The summed E-state index contributed by atoms with van der Waals surface area (Å²) in [7, 11) is 0. The van der Waals surface area contributed by atoms with E-state index in [4.69, 9.17) is 5.11 Å². The highest BCUT2D eigenvalue weighted by Gasteiger charge is 2.23. The van der Waals surface area contributed by atoms with Gasteiger partial charge in [0.2, 0.25) is 11.8 Å². The first-order chi connectivity index (χ1) is 10.2. The van der Waals surface area contributed by atoms with Crippen LogP contribution in [0, 0.1) is 11.8 Å². The van der Waals surface area contributed by atoms with E-state index in [9.17, 15) is 9.59 Å². The fourth-order valence-corrected chi connectivity index (χ4v) is 3.38. The monoisotopic (exact) mass is 296 g/mol. The van der Waals surface area contributed by atoms with Gasteiger partial charge in [0.25, 0.3) is 0 Å². The number of rotatable bonds is 5. The average Bonchev–Trinajstić information content (AvgIpc) is 2.53. The van der Waals surface area contributed by atoms with Gasteiger partial charge in [-0.25, -0.2) is 0 Å². The van der Waals surface area contributed by atoms with Crippen molar-refractivity contribution in [2.75, 3.05) is 26.2 Å². The topological polar surface area (TPSA) is 69.6 Å². The molecule has 2 amide bonds. The first-order valence-electron chi connectivity index (χ1n) is 8.34. The van der Waals surface area contributed by atoms with E-state index >= 15 is 0 Å². The fraction of sp³-hybridized carbons (Fsp3) is 0.875. The Bertz CT molecular complexity index is 345. The fourth-order valence-electron chi connectivity index (χ4n) is 3.38. The molecule has 21 heavy (non-hydrogen) atoms. The average molecular weight is 296 g/mol. The largest absolute Gasteiger partial charge is 0.396 e. The lowest BCUT2D eigenvalue weighted by atomic mass is 9.87. The van der Waals surface area contributed by atoms with Crippen molar-refractivity contribution in [1.29, 1.82) is 0 Å². The highest BCUT2D eigenvalue weighted by molar-refractivity contribution is 5.84. The molecule has 2 N–H and O–H groups in total. The Labute approximate surface area is 127 Å². The van der Waals surface area contributed by atoms with Crippen LogP contribution >= 0.6 is 0 Å². The molecule has 1 saturated carbocycles. The lowest BCUT2D eigenvalue weighted by molar-refractivity contribution is -0.134. The van der Waals surface area contributed by atoms with Crippen LogP contribution in [0.3, 0.4) is 0 Å². The van der Waals surface area contributed by atoms with Crippen molar-refractivity contribution in [1.82, 2.24) is 10.2 Å². The van der Waals surface area contributed by atoms with Gasteiger partial charge in [0.15, 0.2) is 0 Å². The zero-order valence-electron chi connectivity index (χ0n) is 12.9. The smallest absolute Gasteiger partial charge is 0.241 e. The molecule has 5 heteroatoms. The second kappa shape index (κ2) is 8.37. The number of nitrogens with zero attached hydrogens (tertiary/aromatic N) is 1. The minimum atomic E-state index is 0.00313. The summed E-state index contributed by atoms with van der Waals surface area (Å²) in [5.74, 6) is 0.855. The second-order valence-corrected chi connectivity index (χ2v) is 6.49. The molecule has 2 fully saturated rings. The first kappa shape index (κ1) is 16.3. The number of amides is 2. The summed E-state index contributed by atoms with van der Waals surface area (Å²) < 4.78 is 0. The molecule has 1 aliphatic carbocycles. The molecule has 1 saturated heterocycles. The maximum atomic E-state index is 12.0. The van der Waals surface area contributed by atoms with Crippen LogP contribution in [0.2, 0.25) is 0 Å². The van der Waals surface area contributed by atoms with Crippen molar-refractivity contribution in [3.63, 3.8) is 0 Å². The zero-order valence-corrected chi connectivity index (χ0v) is 12.9. The van der Waals surface area contributed by atoms with Gasteiger partial charge in [0, 0.05) is 26.1 Å². The molecule has 120 valence electrons. The van der Waals surface area contributed by atoms with E-state index in [1.807, 2.05) is 0 Å². The Morgan fingerprint density at radius 1 is 1.00 bits per heavy atom. The van der Waals surface area contributed by atoms with Gasteiger partial charge in [0.05, 0.1) is 6.54 Å². The SMILES string of the molecule is O=C(CC1CCCCC1)NCC(=O)N1CCC(CO)CC1. The number of aliphatic hydroxyl groups excluding tert-OH is 1. The van der Waals surface area contributed by atoms with E-state index in [1.165, 1.54) is 19.3 Å². The third-order valence-electron chi connectivity index (χ3n) is 4.86. The van der Waals surface area contributed by atoms with Gasteiger partial charge in [0.1, 0.15) is 0 Å². The molecular weight excluding hydrogens is 268 g/mol. The van der Waals surface area contributed by atoms with E-state index in [1.54, 1.807) is 4.90 Å². The standard InChI is InChI=1S/C16H28N2O3/c19-12-14-6-8-18(9-7-14)16(21)11-17-15(20)10-13-4-2-1-3-5-13/h13-14,19H,1-12H2,(H,17,20). The molecule has 0 radical (unpaired) electrons. The van der Waals surface area contributed by atoms with Crippen LogP contribution in [0.1, 0.15) is 51.4 Å². The second-order valence-electron chi connectivity index (χ2n) is 6.49. The van der Waals surface area contributed by atoms with Gasteiger partial charge in [-0.3, -0.25) is 9.59 Å². The molecule has 5 nitrogen and oxygen atoms in total. The van der Waals surface area contributed by atoms with Gasteiger partial charge in [-0.1, -0.05) is 19.3 Å². The van der Waals surface area contributed by atoms with Crippen molar-refractivity contribution in [2.24, 2.45) is 11.8 Å². The van der Waals surface area contributed by atoms with Crippen LogP contribution in [0.4, 0.5) is 0 Å². The predicted molar refractivity (Wildman–Crippen MR) is 80.6 cm³/mol. The molecule has 1 aliphatic heterocycles. The molecule has 0 aromatic carbocycles. The lowest BCUT2D eigenvalue weighted by Gasteiger charge is -2.31. The number of hydrogen-bond donors (Lipinski definition) is 2. The predicted octanol–water partition coefficient (Wildman–Crippen LogP) is 1.30. The van der Waals surface area contributed by atoms with Crippen molar-refractivity contribution < 1.29 is 14.7 Å². The van der Waals surface area contributed by atoms with Gasteiger partial charge < -0.3 is 15.3 Å². The normalized spacial score (nSPS) is 21.3. The van der Waals surface area contributed by atoms with Crippen LogP contribution in [-0.4, -0.2) is 48.1 Å². The summed E-state index contributed by atoms with van der Waals surface area (Å²) in [5.41, 5.74) is 0. The summed E-state index contributed by atoms with van der Waals surface area (Å²) in [6.45, 7) is 1.72. The molecule has 0 aromatic heterocycles. The summed E-state index contributed by atoms with van der Waals surface area (Å²) in [6, 6.07) is 0. The number of likely N-dealkylation sites (tertiary alicyclic amines) is 1. The van der Waals surface area contributed by atoms with E-state index in [0.717, 1.165) is 25.7 Å². The van der Waals surface area contributed by atoms with E-state index in [-0.39, 0.29) is 25.0 Å². The third-order valence-corrected chi connectivity index (χ3v) is 4.86. The highest BCUT2D eigenvalue weighted by atomic mass is 16.3. The van der Waals surface area contributed by atoms with E-state index in [0.29, 0.717) is 31.3 Å². The molecular formula is C16H28N2O3. The third kappa shape index (κ3) is 5.30.